The molecule has 1 aromatic heterocycles. The zero-order chi connectivity index (χ0) is 13.0. The topological polar surface area (TPSA) is 51.3 Å². The molecule has 0 aliphatic rings. The van der Waals surface area contributed by atoms with Crippen LogP contribution in [0, 0.1) is 0 Å². The summed E-state index contributed by atoms with van der Waals surface area (Å²) in [5.41, 5.74) is 2.79. The average molecular weight is 247 g/mol. The van der Waals surface area contributed by atoms with Gasteiger partial charge < -0.3 is 14.5 Å². The third kappa shape index (κ3) is 2.60. The number of para-hydroxylation sites is 1. The normalized spacial score (nSPS) is 11.0. The van der Waals surface area contributed by atoms with Crippen molar-refractivity contribution in [1.29, 1.82) is 0 Å². The Kier molecular flexibility index (Phi) is 4.12. The van der Waals surface area contributed by atoms with E-state index in [1.807, 2.05) is 18.2 Å². The van der Waals surface area contributed by atoms with Gasteiger partial charge in [0.1, 0.15) is 0 Å². The second-order valence-electron chi connectivity index (χ2n) is 4.17. The summed E-state index contributed by atoms with van der Waals surface area (Å²) in [7, 11) is 3.28. The molecule has 0 unspecified atom stereocenters. The van der Waals surface area contributed by atoms with Gasteiger partial charge in [-0.15, -0.1) is 0 Å². The molecule has 0 saturated carbocycles. The van der Waals surface area contributed by atoms with Crippen LogP contribution < -0.4 is 5.43 Å². The standard InChI is InChI=1S/C14H17NO3/c1-17-7-6-10-4-3-5-12-13(16)8-11(9-18-2)15-14(10)12/h3-5,8H,6-7,9H2,1-2H3,(H,15,16). The maximum atomic E-state index is 12.0. The highest BCUT2D eigenvalue weighted by Gasteiger charge is 2.06. The smallest absolute Gasteiger partial charge is 0.189 e. The van der Waals surface area contributed by atoms with Crippen LogP contribution in [-0.2, 0) is 22.5 Å². The molecule has 96 valence electrons. The molecule has 0 aliphatic carbocycles. The monoisotopic (exact) mass is 247 g/mol. The lowest BCUT2D eigenvalue weighted by atomic mass is 10.1. The fraction of sp³-hybridized carbons (Fsp3) is 0.357. The second-order valence-corrected chi connectivity index (χ2v) is 4.17. The predicted molar refractivity (Wildman–Crippen MR) is 70.9 cm³/mol. The number of rotatable bonds is 5. The fourth-order valence-corrected chi connectivity index (χ4v) is 2.04. The molecule has 0 saturated heterocycles. The van der Waals surface area contributed by atoms with Crippen LogP contribution in [0.4, 0.5) is 0 Å². The van der Waals surface area contributed by atoms with Crippen LogP contribution in [0.3, 0.4) is 0 Å². The van der Waals surface area contributed by atoms with E-state index in [2.05, 4.69) is 4.98 Å². The molecule has 0 aliphatic heterocycles. The van der Waals surface area contributed by atoms with Gasteiger partial charge in [0, 0.05) is 31.4 Å². The lowest BCUT2D eigenvalue weighted by Gasteiger charge is -2.08. The molecule has 4 nitrogen and oxygen atoms in total. The Balaban J connectivity index is 2.54. The number of methoxy groups -OCH3 is 2. The van der Waals surface area contributed by atoms with Crippen LogP contribution in [0.25, 0.3) is 10.9 Å². The van der Waals surface area contributed by atoms with E-state index in [-0.39, 0.29) is 5.43 Å². The van der Waals surface area contributed by atoms with Crippen molar-refractivity contribution in [3.05, 3.63) is 45.7 Å². The van der Waals surface area contributed by atoms with Crippen molar-refractivity contribution in [1.82, 2.24) is 4.98 Å². The Morgan fingerprint density at radius 3 is 2.78 bits per heavy atom. The maximum Gasteiger partial charge on any atom is 0.189 e. The summed E-state index contributed by atoms with van der Waals surface area (Å²) in [5, 5.41) is 0.712. The van der Waals surface area contributed by atoms with Crippen molar-refractivity contribution in [2.45, 2.75) is 13.0 Å². The molecule has 0 spiro atoms. The van der Waals surface area contributed by atoms with Gasteiger partial charge in [-0.3, -0.25) is 4.79 Å². The SMILES string of the molecule is COCCc1cccc2c(=O)cc(COC)[nH]c12. The number of pyridine rings is 1. The molecule has 2 aromatic rings. The molecule has 0 amide bonds. The second kappa shape index (κ2) is 5.80. The summed E-state index contributed by atoms with van der Waals surface area (Å²) >= 11 is 0. The number of benzene rings is 1. The van der Waals surface area contributed by atoms with Gasteiger partial charge in [0.15, 0.2) is 5.43 Å². The number of fused-ring (bicyclic) bond motifs is 1. The number of ether oxygens (including phenoxy) is 2. The molecule has 1 heterocycles. The van der Waals surface area contributed by atoms with E-state index >= 15 is 0 Å². The van der Waals surface area contributed by atoms with Crippen molar-refractivity contribution < 1.29 is 9.47 Å². The molecule has 1 aromatic carbocycles. The minimum absolute atomic E-state index is 0.0232. The zero-order valence-electron chi connectivity index (χ0n) is 10.7. The number of nitrogens with one attached hydrogen (secondary N) is 1. The minimum Gasteiger partial charge on any atom is -0.384 e. The van der Waals surface area contributed by atoms with Crippen molar-refractivity contribution in [3.63, 3.8) is 0 Å². The summed E-state index contributed by atoms with van der Waals surface area (Å²) in [5.74, 6) is 0. The van der Waals surface area contributed by atoms with Crippen molar-refractivity contribution in [2.24, 2.45) is 0 Å². The van der Waals surface area contributed by atoms with E-state index in [4.69, 9.17) is 9.47 Å². The molecule has 0 radical (unpaired) electrons. The summed E-state index contributed by atoms with van der Waals surface area (Å²) in [4.78, 5) is 15.3. The number of aromatic amines is 1. The number of hydrogen-bond acceptors (Lipinski definition) is 3. The maximum absolute atomic E-state index is 12.0. The molecule has 2 rings (SSSR count). The van der Waals surface area contributed by atoms with Crippen LogP contribution in [0.1, 0.15) is 11.3 Å². The lowest BCUT2D eigenvalue weighted by Crippen LogP contribution is -2.08. The Morgan fingerprint density at radius 2 is 2.06 bits per heavy atom. The molecular formula is C14H17NO3. The first-order chi connectivity index (χ1) is 8.76. The van der Waals surface area contributed by atoms with Crippen LogP contribution in [0.5, 0.6) is 0 Å². The van der Waals surface area contributed by atoms with Crippen LogP contribution in [-0.4, -0.2) is 25.8 Å². The average Bonchev–Trinajstić information content (AvgIpc) is 2.37. The van der Waals surface area contributed by atoms with Crippen LogP contribution >= 0.6 is 0 Å². The molecule has 0 atom stereocenters. The molecule has 18 heavy (non-hydrogen) atoms. The van der Waals surface area contributed by atoms with Crippen LogP contribution in [0.2, 0.25) is 0 Å². The van der Waals surface area contributed by atoms with Gasteiger partial charge in [-0.2, -0.15) is 0 Å². The third-order valence-electron chi connectivity index (χ3n) is 2.88. The van der Waals surface area contributed by atoms with Crippen molar-refractivity contribution in [3.8, 4) is 0 Å². The highest BCUT2D eigenvalue weighted by atomic mass is 16.5. The van der Waals surface area contributed by atoms with E-state index in [0.29, 0.717) is 18.6 Å². The minimum atomic E-state index is 0.0232. The highest BCUT2D eigenvalue weighted by Crippen LogP contribution is 2.15. The van der Waals surface area contributed by atoms with Gasteiger partial charge >= 0.3 is 0 Å². The summed E-state index contributed by atoms with van der Waals surface area (Å²) in [6.45, 7) is 1.04. The van der Waals surface area contributed by atoms with E-state index in [9.17, 15) is 4.79 Å². The van der Waals surface area contributed by atoms with Crippen molar-refractivity contribution >= 4 is 10.9 Å². The summed E-state index contributed by atoms with van der Waals surface area (Å²) < 4.78 is 10.1. The number of hydrogen-bond donors (Lipinski definition) is 1. The quantitative estimate of drug-likeness (QED) is 0.877. The van der Waals surface area contributed by atoms with Gasteiger partial charge in [-0.25, -0.2) is 0 Å². The number of aromatic nitrogens is 1. The molecular weight excluding hydrogens is 230 g/mol. The summed E-state index contributed by atoms with van der Waals surface area (Å²) in [6.07, 6.45) is 0.778. The van der Waals surface area contributed by atoms with E-state index in [1.54, 1.807) is 20.3 Å². The van der Waals surface area contributed by atoms with Gasteiger partial charge in [0.05, 0.1) is 18.7 Å². The molecule has 1 N–H and O–H groups in total. The van der Waals surface area contributed by atoms with Gasteiger partial charge in [0.25, 0.3) is 0 Å². The largest absolute Gasteiger partial charge is 0.384 e. The van der Waals surface area contributed by atoms with E-state index in [0.717, 1.165) is 23.2 Å². The third-order valence-corrected chi connectivity index (χ3v) is 2.88. The molecule has 0 bridgehead atoms. The Labute approximate surface area is 106 Å². The first kappa shape index (κ1) is 12.8. The van der Waals surface area contributed by atoms with Gasteiger partial charge in [-0.05, 0) is 18.1 Å². The first-order valence-corrected chi connectivity index (χ1v) is 5.88. The van der Waals surface area contributed by atoms with Gasteiger partial charge in [0.2, 0.25) is 0 Å². The fourth-order valence-electron chi connectivity index (χ4n) is 2.04. The predicted octanol–water partition coefficient (Wildman–Crippen LogP) is 1.86. The van der Waals surface area contributed by atoms with Gasteiger partial charge in [-0.1, -0.05) is 12.1 Å². The molecule has 0 fully saturated rings. The Morgan fingerprint density at radius 1 is 1.22 bits per heavy atom. The van der Waals surface area contributed by atoms with E-state index < -0.39 is 0 Å². The zero-order valence-corrected chi connectivity index (χ0v) is 10.7. The Hall–Kier alpha value is -1.65. The number of H-pyrrole nitrogens is 1. The lowest BCUT2D eigenvalue weighted by molar-refractivity contribution is 0.181. The molecule has 4 heteroatoms. The van der Waals surface area contributed by atoms with Crippen LogP contribution in [0.15, 0.2) is 29.1 Å². The summed E-state index contributed by atoms with van der Waals surface area (Å²) in [6, 6.07) is 7.33. The Bertz CT molecular complexity index is 589. The first-order valence-electron chi connectivity index (χ1n) is 5.88. The van der Waals surface area contributed by atoms with Crippen molar-refractivity contribution in [2.75, 3.05) is 20.8 Å². The highest BCUT2D eigenvalue weighted by molar-refractivity contribution is 5.81. The van der Waals surface area contributed by atoms with E-state index in [1.165, 1.54) is 0 Å².